The Morgan fingerprint density at radius 3 is 2.52 bits per heavy atom. The van der Waals surface area contributed by atoms with Crippen LogP contribution in [-0.4, -0.2) is 24.6 Å². The number of para-hydroxylation sites is 2. The van der Waals surface area contributed by atoms with Crippen LogP contribution in [0.3, 0.4) is 0 Å². The Bertz CT molecular complexity index is 748. The lowest BCUT2D eigenvalue weighted by Crippen LogP contribution is -2.30. The van der Waals surface area contributed by atoms with Crippen molar-refractivity contribution < 1.29 is 19.1 Å². The number of hydrogen-bond acceptors (Lipinski definition) is 4. The quantitative estimate of drug-likeness (QED) is 0.757. The molecule has 6 heteroatoms. The molecular weight excluding hydrogens is 342 g/mol. The first-order chi connectivity index (χ1) is 12.0. The van der Waals surface area contributed by atoms with Gasteiger partial charge in [-0.2, -0.15) is 0 Å². The Morgan fingerprint density at radius 1 is 1.12 bits per heavy atom. The normalized spacial score (nSPS) is 11.5. The van der Waals surface area contributed by atoms with Crippen LogP contribution in [0.1, 0.15) is 18.9 Å². The number of benzene rings is 2. The van der Waals surface area contributed by atoms with Crippen LogP contribution in [0.4, 0.5) is 5.69 Å². The fourth-order valence-corrected chi connectivity index (χ4v) is 2.25. The lowest BCUT2D eigenvalue weighted by atomic mass is 10.2. The molecule has 0 aliphatic carbocycles. The molecule has 0 unspecified atom stereocenters. The van der Waals surface area contributed by atoms with E-state index in [2.05, 4.69) is 5.32 Å². The van der Waals surface area contributed by atoms with E-state index in [-0.39, 0.29) is 13.0 Å². The summed E-state index contributed by atoms with van der Waals surface area (Å²) in [5.41, 5.74) is 1.46. The van der Waals surface area contributed by atoms with E-state index in [4.69, 9.17) is 21.1 Å². The molecule has 2 rings (SSSR count). The van der Waals surface area contributed by atoms with Gasteiger partial charge in [0, 0.05) is 0 Å². The van der Waals surface area contributed by atoms with Crippen LogP contribution in [0.25, 0.3) is 0 Å². The summed E-state index contributed by atoms with van der Waals surface area (Å²) in [5.74, 6) is -0.225. The highest BCUT2D eigenvalue weighted by Crippen LogP contribution is 2.21. The zero-order valence-electron chi connectivity index (χ0n) is 14.1. The average Bonchev–Trinajstić information content (AvgIpc) is 2.58. The van der Waals surface area contributed by atoms with Crippen LogP contribution in [0, 0.1) is 6.92 Å². The summed E-state index contributed by atoms with van der Waals surface area (Å²) in [4.78, 5) is 23.9. The first-order valence-electron chi connectivity index (χ1n) is 7.90. The Labute approximate surface area is 151 Å². The van der Waals surface area contributed by atoms with Crippen molar-refractivity contribution in [3.63, 3.8) is 0 Å². The van der Waals surface area contributed by atoms with Gasteiger partial charge >= 0.3 is 5.97 Å². The maximum absolute atomic E-state index is 12.1. The van der Waals surface area contributed by atoms with E-state index in [0.717, 1.165) is 11.3 Å². The number of rotatable bonds is 7. The molecule has 0 spiro atoms. The smallest absolute Gasteiger partial charge is 0.310 e. The third-order valence-corrected chi connectivity index (χ3v) is 3.80. The van der Waals surface area contributed by atoms with E-state index in [9.17, 15) is 9.59 Å². The number of carbonyl (C=O) groups excluding carboxylic acids is 2. The standard InChI is InChI=1S/C19H20ClNO4/c1-13-7-3-6-10-17(13)24-12-11-18(22)25-14(2)19(23)21-16-9-5-4-8-15(16)20/h3-10,14H,11-12H2,1-2H3,(H,21,23)/t14-/m1/s1. The molecular formula is C19H20ClNO4. The third kappa shape index (κ3) is 5.80. The second kappa shape index (κ2) is 9.08. The number of ether oxygens (including phenoxy) is 2. The maximum Gasteiger partial charge on any atom is 0.310 e. The van der Waals surface area contributed by atoms with Crippen LogP contribution < -0.4 is 10.1 Å². The Balaban J connectivity index is 1.77. The van der Waals surface area contributed by atoms with Gasteiger partial charge in [0.25, 0.3) is 5.91 Å². The molecule has 0 fully saturated rings. The number of anilines is 1. The van der Waals surface area contributed by atoms with Crippen molar-refractivity contribution in [1.82, 2.24) is 0 Å². The van der Waals surface area contributed by atoms with Gasteiger partial charge in [-0.25, -0.2) is 0 Å². The lowest BCUT2D eigenvalue weighted by molar-refractivity contribution is -0.153. The van der Waals surface area contributed by atoms with Gasteiger partial charge in [-0.1, -0.05) is 41.9 Å². The van der Waals surface area contributed by atoms with Gasteiger partial charge in [0.15, 0.2) is 6.10 Å². The Hall–Kier alpha value is -2.53. The minimum Gasteiger partial charge on any atom is -0.493 e. The van der Waals surface area contributed by atoms with Crippen molar-refractivity contribution >= 4 is 29.2 Å². The minimum atomic E-state index is -0.928. The molecule has 0 radical (unpaired) electrons. The molecule has 5 nitrogen and oxygen atoms in total. The minimum absolute atomic E-state index is 0.0536. The van der Waals surface area contributed by atoms with E-state index >= 15 is 0 Å². The van der Waals surface area contributed by atoms with Crippen molar-refractivity contribution in [2.24, 2.45) is 0 Å². The number of amides is 1. The summed E-state index contributed by atoms with van der Waals surface area (Å²) in [6, 6.07) is 14.4. The van der Waals surface area contributed by atoms with Crippen LogP contribution in [0.5, 0.6) is 5.75 Å². The molecule has 2 aromatic rings. The van der Waals surface area contributed by atoms with Crippen molar-refractivity contribution in [2.45, 2.75) is 26.4 Å². The second-order valence-electron chi connectivity index (χ2n) is 5.47. The van der Waals surface area contributed by atoms with E-state index < -0.39 is 18.0 Å². The number of carbonyl (C=O) groups is 2. The van der Waals surface area contributed by atoms with Gasteiger partial charge in [-0.05, 0) is 37.6 Å². The molecule has 0 saturated carbocycles. The monoisotopic (exact) mass is 361 g/mol. The molecule has 2 aromatic carbocycles. The summed E-state index contributed by atoms with van der Waals surface area (Å²) in [6.45, 7) is 3.61. The van der Waals surface area contributed by atoms with Crippen LogP contribution in [0.15, 0.2) is 48.5 Å². The average molecular weight is 362 g/mol. The first-order valence-corrected chi connectivity index (χ1v) is 8.28. The highest BCUT2D eigenvalue weighted by molar-refractivity contribution is 6.33. The Kier molecular flexibility index (Phi) is 6.83. The SMILES string of the molecule is Cc1ccccc1OCCC(=O)O[C@H](C)C(=O)Nc1ccccc1Cl. The predicted molar refractivity (Wildman–Crippen MR) is 96.9 cm³/mol. The highest BCUT2D eigenvalue weighted by atomic mass is 35.5. The summed E-state index contributed by atoms with van der Waals surface area (Å²) in [6.07, 6.45) is -0.875. The predicted octanol–water partition coefficient (Wildman–Crippen LogP) is 3.99. The summed E-state index contributed by atoms with van der Waals surface area (Å²) < 4.78 is 10.7. The van der Waals surface area contributed by atoms with E-state index in [1.54, 1.807) is 24.3 Å². The summed E-state index contributed by atoms with van der Waals surface area (Å²) >= 11 is 5.98. The fourth-order valence-electron chi connectivity index (χ4n) is 2.07. The topological polar surface area (TPSA) is 64.6 Å². The van der Waals surface area contributed by atoms with Gasteiger partial charge in [0.2, 0.25) is 0 Å². The molecule has 0 aliphatic rings. The Morgan fingerprint density at radius 2 is 1.80 bits per heavy atom. The molecule has 1 amide bonds. The van der Waals surface area contributed by atoms with Gasteiger partial charge in [0.05, 0.1) is 23.7 Å². The molecule has 132 valence electrons. The molecule has 1 N–H and O–H groups in total. The number of halogens is 1. The van der Waals surface area contributed by atoms with E-state index in [1.807, 2.05) is 31.2 Å². The van der Waals surface area contributed by atoms with E-state index in [1.165, 1.54) is 6.92 Å². The molecule has 1 atom stereocenters. The van der Waals surface area contributed by atoms with Gasteiger partial charge in [0.1, 0.15) is 5.75 Å². The highest BCUT2D eigenvalue weighted by Gasteiger charge is 2.18. The van der Waals surface area contributed by atoms with Crippen LogP contribution >= 0.6 is 11.6 Å². The number of esters is 1. The van der Waals surface area contributed by atoms with Crippen molar-refractivity contribution in [1.29, 1.82) is 0 Å². The number of nitrogens with one attached hydrogen (secondary N) is 1. The van der Waals surface area contributed by atoms with Gasteiger partial charge in [-0.15, -0.1) is 0 Å². The summed E-state index contributed by atoms with van der Waals surface area (Å²) in [7, 11) is 0. The number of aryl methyl sites for hydroxylation is 1. The lowest BCUT2D eigenvalue weighted by Gasteiger charge is -2.14. The zero-order valence-corrected chi connectivity index (χ0v) is 14.9. The zero-order chi connectivity index (χ0) is 18.2. The largest absolute Gasteiger partial charge is 0.493 e. The molecule has 0 heterocycles. The summed E-state index contributed by atoms with van der Waals surface area (Å²) in [5, 5.41) is 3.04. The number of hydrogen-bond donors (Lipinski definition) is 1. The second-order valence-corrected chi connectivity index (χ2v) is 5.87. The third-order valence-electron chi connectivity index (χ3n) is 3.47. The first kappa shape index (κ1) is 18.8. The van der Waals surface area contributed by atoms with Crippen molar-refractivity contribution in [3.05, 3.63) is 59.1 Å². The van der Waals surface area contributed by atoms with E-state index in [0.29, 0.717) is 10.7 Å². The van der Waals surface area contributed by atoms with Crippen LogP contribution in [0.2, 0.25) is 5.02 Å². The molecule has 0 aromatic heterocycles. The molecule has 0 bridgehead atoms. The maximum atomic E-state index is 12.1. The fraction of sp³-hybridized carbons (Fsp3) is 0.263. The van der Waals surface area contributed by atoms with Crippen molar-refractivity contribution in [2.75, 3.05) is 11.9 Å². The van der Waals surface area contributed by atoms with Crippen molar-refractivity contribution in [3.8, 4) is 5.75 Å². The van der Waals surface area contributed by atoms with Gasteiger partial charge < -0.3 is 14.8 Å². The molecule has 25 heavy (non-hydrogen) atoms. The van der Waals surface area contributed by atoms with Gasteiger partial charge in [-0.3, -0.25) is 9.59 Å². The molecule has 0 aliphatic heterocycles. The molecule has 0 saturated heterocycles. The van der Waals surface area contributed by atoms with Crippen LogP contribution in [-0.2, 0) is 14.3 Å².